The Balaban J connectivity index is 2.31. The van der Waals surface area contributed by atoms with Gasteiger partial charge >= 0.3 is 0 Å². The van der Waals surface area contributed by atoms with Crippen LogP contribution < -0.4 is 11.5 Å². The van der Waals surface area contributed by atoms with E-state index in [9.17, 15) is 4.39 Å². The summed E-state index contributed by atoms with van der Waals surface area (Å²) in [6.07, 6.45) is 3.34. The molecule has 0 aliphatic rings. The van der Waals surface area contributed by atoms with Crippen LogP contribution in [0.1, 0.15) is 11.4 Å². The van der Waals surface area contributed by atoms with Crippen molar-refractivity contribution in [3.8, 4) is 5.69 Å². The smallest absolute Gasteiger partial charge is 0.186 e. The highest BCUT2D eigenvalue weighted by Crippen LogP contribution is 2.17. The summed E-state index contributed by atoms with van der Waals surface area (Å²) < 4.78 is 15.6. The molecule has 0 saturated carbocycles. The zero-order valence-electron chi connectivity index (χ0n) is 9.97. The number of guanidine groups is 1. The third kappa shape index (κ3) is 2.48. The standard InChI is InChI=1S/C12H14FN5/c1-8-16-4-5-18(8)11-3-2-9(6-10(11)13)7-17-12(14)15/h2-6H,7H2,1H3,(H4,14,15,17). The van der Waals surface area contributed by atoms with Gasteiger partial charge in [0.1, 0.15) is 11.6 Å². The van der Waals surface area contributed by atoms with Crippen molar-refractivity contribution in [3.05, 3.63) is 47.8 Å². The molecular weight excluding hydrogens is 233 g/mol. The third-order valence-electron chi connectivity index (χ3n) is 2.54. The van der Waals surface area contributed by atoms with Gasteiger partial charge in [-0.15, -0.1) is 0 Å². The largest absolute Gasteiger partial charge is 0.370 e. The molecule has 0 radical (unpaired) electrons. The first-order valence-electron chi connectivity index (χ1n) is 5.42. The number of aryl methyl sites for hydroxylation is 1. The van der Waals surface area contributed by atoms with Crippen molar-refractivity contribution in [2.75, 3.05) is 0 Å². The van der Waals surface area contributed by atoms with Crippen LogP contribution in [0.4, 0.5) is 4.39 Å². The topological polar surface area (TPSA) is 82.2 Å². The highest BCUT2D eigenvalue weighted by Gasteiger charge is 2.07. The number of aromatic nitrogens is 2. The second kappa shape index (κ2) is 4.87. The monoisotopic (exact) mass is 247 g/mol. The van der Waals surface area contributed by atoms with Crippen LogP contribution in [0.15, 0.2) is 35.6 Å². The van der Waals surface area contributed by atoms with E-state index in [1.54, 1.807) is 29.1 Å². The number of nitrogens with zero attached hydrogens (tertiary/aromatic N) is 3. The molecule has 0 fully saturated rings. The lowest BCUT2D eigenvalue weighted by Crippen LogP contribution is -2.22. The van der Waals surface area contributed by atoms with E-state index in [1.165, 1.54) is 6.07 Å². The van der Waals surface area contributed by atoms with E-state index in [0.717, 1.165) is 5.82 Å². The fourth-order valence-electron chi connectivity index (χ4n) is 1.66. The van der Waals surface area contributed by atoms with Gasteiger partial charge in [0.2, 0.25) is 0 Å². The molecule has 0 saturated heterocycles. The summed E-state index contributed by atoms with van der Waals surface area (Å²) >= 11 is 0. The summed E-state index contributed by atoms with van der Waals surface area (Å²) in [6.45, 7) is 2.08. The average molecular weight is 247 g/mol. The quantitative estimate of drug-likeness (QED) is 0.629. The van der Waals surface area contributed by atoms with Gasteiger partial charge in [0.05, 0.1) is 12.2 Å². The van der Waals surface area contributed by atoms with E-state index in [2.05, 4.69) is 9.98 Å². The van der Waals surface area contributed by atoms with Crippen molar-refractivity contribution >= 4 is 5.96 Å². The first-order valence-corrected chi connectivity index (χ1v) is 5.42. The summed E-state index contributed by atoms with van der Waals surface area (Å²) in [5.41, 5.74) is 11.6. The molecule has 0 aliphatic heterocycles. The second-order valence-corrected chi connectivity index (χ2v) is 3.87. The van der Waals surface area contributed by atoms with Crippen LogP contribution in [0.3, 0.4) is 0 Å². The van der Waals surface area contributed by atoms with E-state index < -0.39 is 0 Å². The van der Waals surface area contributed by atoms with E-state index in [1.807, 2.05) is 6.92 Å². The molecule has 0 spiro atoms. The van der Waals surface area contributed by atoms with Gasteiger partial charge in [0, 0.05) is 12.4 Å². The fraction of sp³-hybridized carbons (Fsp3) is 0.167. The van der Waals surface area contributed by atoms with Crippen LogP contribution in [-0.4, -0.2) is 15.5 Å². The number of imidazole rings is 1. The maximum Gasteiger partial charge on any atom is 0.186 e. The Morgan fingerprint density at radius 3 is 2.78 bits per heavy atom. The Hall–Kier alpha value is -2.37. The minimum atomic E-state index is -0.334. The molecule has 1 aromatic carbocycles. The Bertz CT molecular complexity index is 584. The number of aliphatic imine (C=N–C) groups is 1. The summed E-state index contributed by atoms with van der Waals surface area (Å²) in [7, 11) is 0. The number of nitrogens with two attached hydrogens (primary N) is 2. The first kappa shape index (κ1) is 12.1. The van der Waals surface area contributed by atoms with Gasteiger partial charge in [-0.05, 0) is 24.6 Å². The first-order chi connectivity index (χ1) is 8.58. The number of halogens is 1. The molecule has 0 aliphatic carbocycles. The van der Waals surface area contributed by atoms with Crippen molar-refractivity contribution in [1.29, 1.82) is 0 Å². The van der Waals surface area contributed by atoms with E-state index in [-0.39, 0.29) is 18.3 Å². The maximum absolute atomic E-state index is 14.0. The van der Waals surface area contributed by atoms with Gasteiger partial charge in [-0.2, -0.15) is 0 Å². The second-order valence-electron chi connectivity index (χ2n) is 3.87. The minimum Gasteiger partial charge on any atom is -0.370 e. The lowest BCUT2D eigenvalue weighted by molar-refractivity contribution is 0.614. The van der Waals surface area contributed by atoms with Crippen molar-refractivity contribution in [3.63, 3.8) is 0 Å². The highest BCUT2D eigenvalue weighted by atomic mass is 19.1. The molecule has 0 unspecified atom stereocenters. The highest BCUT2D eigenvalue weighted by molar-refractivity contribution is 5.75. The third-order valence-corrected chi connectivity index (χ3v) is 2.54. The van der Waals surface area contributed by atoms with Crippen molar-refractivity contribution in [2.24, 2.45) is 16.5 Å². The predicted molar refractivity (Wildman–Crippen MR) is 67.8 cm³/mol. The van der Waals surface area contributed by atoms with E-state index in [4.69, 9.17) is 11.5 Å². The van der Waals surface area contributed by atoms with Crippen LogP contribution in [-0.2, 0) is 6.54 Å². The fourth-order valence-corrected chi connectivity index (χ4v) is 1.66. The van der Waals surface area contributed by atoms with Crippen LogP contribution in [0.5, 0.6) is 0 Å². The molecule has 1 aromatic heterocycles. The maximum atomic E-state index is 14.0. The zero-order valence-corrected chi connectivity index (χ0v) is 9.97. The molecule has 0 bridgehead atoms. The minimum absolute atomic E-state index is 0.00932. The zero-order chi connectivity index (χ0) is 13.1. The van der Waals surface area contributed by atoms with Gasteiger partial charge < -0.3 is 16.0 Å². The molecule has 0 amide bonds. The van der Waals surface area contributed by atoms with E-state index >= 15 is 0 Å². The molecule has 2 rings (SSSR count). The Labute approximate surface area is 104 Å². The summed E-state index contributed by atoms with van der Waals surface area (Å²) in [6, 6.07) is 4.88. The van der Waals surface area contributed by atoms with Crippen molar-refractivity contribution in [2.45, 2.75) is 13.5 Å². The molecule has 1 heterocycles. The van der Waals surface area contributed by atoms with Gasteiger partial charge in [0.25, 0.3) is 0 Å². The van der Waals surface area contributed by atoms with E-state index in [0.29, 0.717) is 11.3 Å². The van der Waals surface area contributed by atoms with Crippen LogP contribution in [0, 0.1) is 12.7 Å². The number of hydrogen-bond acceptors (Lipinski definition) is 2. The summed E-state index contributed by atoms with van der Waals surface area (Å²) in [4.78, 5) is 7.89. The lowest BCUT2D eigenvalue weighted by Gasteiger charge is -2.07. The predicted octanol–water partition coefficient (Wildman–Crippen LogP) is 1.09. The molecule has 5 nitrogen and oxygen atoms in total. The number of benzene rings is 1. The molecular formula is C12H14FN5. The molecule has 6 heteroatoms. The lowest BCUT2D eigenvalue weighted by atomic mass is 10.2. The van der Waals surface area contributed by atoms with Crippen LogP contribution >= 0.6 is 0 Å². The molecule has 0 atom stereocenters. The summed E-state index contributed by atoms with van der Waals surface area (Å²) in [5.74, 6) is 0.384. The molecule has 4 N–H and O–H groups in total. The van der Waals surface area contributed by atoms with Gasteiger partial charge in [-0.1, -0.05) is 6.07 Å². The van der Waals surface area contributed by atoms with Crippen LogP contribution in [0.25, 0.3) is 5.69 Å². The summed E-state index contributed by atoms with van der Waals surface area (Å²) in [5, 5.41) is 0. The number of hydrogen-bond donors (Lipinski definition) is 2. The van der Waals surface area contributed by atoms with Gasteiger partial charge in [-0.25, -0.2) is 14.4 Å². The molecule has 2 aromatic rings. The van der Waals surface area contributed by atoms with Crippen molar-refractivity contribution in [1.82, 2.24) is 9.55 Å². The Kier molecular flexibility index (Phi) is 3.27. The SMILES string of the molecule is Cc1nccn1-c1ccc(CN=C(N)N)cc1F. The van der Waals surface area contributed by atoms with Gasteiger partial charge in [0.15, 0.2) is 5.96 Å². The number of rotatable bonds is 3. The normalized spacial score (nSPS) is 10.3. The van der Waals surface area contributed by atoms with Crippen molar-refractivity contribution < 1.29 is 4.39 Å². The molecule has 94 valence electrons. The Morgan fingerprint density at radius 2 is 2.22 bits per heavy atom. The van der Waals surface area contributed by atoms with Crippen LogP contribution in [0.2, 0.25) is 0 Å². The molecule has 18 heavy (non-hydrogen) atoms. The average Bonchev–Trinajstić information content (AvgIpc) is 2.73. The Morgan fingerprint density at radius 1 is 1.44 bits per heavy atom. The van der Waals surface area contributed by atoms with Gasteiger partial charge in [-0.3, -0.25) is 0 Å².